The summed E-state index contributed by atoms with van der Waals surface area (Å²) in [6.07, 6.45) is 1.68. The number of rotatable bonds is 3. The average molecular weight is 377 g/mol. The SMILES string of the molecule is O=C(Oc1ccc2c(c1)O/C(=C\c1ccccc1)C2=O)c1ccc(Cl)cc1. The van der Waals surface area contributed by atoms with Gasteiger partial charge in [0.05, 0.1) is 11.1 Å². The maximum Gasteiger partial charge on any atom is 0.343 e. The zero-order valence-electron chi connectivity index (χ0n) is 14.0. The fraction of sp³-hybridized carbons (Fsp3) is 0. The molecule has 0 fully saturated rings. The van der Waals surface area contributed by atoms with E-state index in [1.807, 2.05) is 30.3 Å². The van der Waals surface area contributed by atoms with E-state index in [9.17, 15) is 9.59 Å². The lowest BCUT2D eigenvalue weighted by molar-refractivity contribution is 0.0734. The first kappa shape index (κ1) is 17.1. The Morgan fingerprint density at radius 3 is 2.44 bits per heavy atom. The number of carbonyl (C=O) groups excluding carboxylic acids is 2. The van der Waals surface area contributed by atoms with E-state index >= 15 is 0 Å². The van der Waals surface area contributed by atoms with E-state index in [0.29, 0.717) is 27.6 Å². The van der Waals surface area contributed by atoms with Crippen molar-refractivity contribution < 1.29 is 19.1 Å². The van der Waals surface area contributed by atoms with E-state index < -0.39 is 5.97 Å². The number of halogens is 1. The van der Waals surface area contributed by atoms with Gasteiger partial charge in [0.1, 0.15) is 11.5 Å². The van der Waals surface area contributed by atoms with Crippen molar-refractivity contribution in [3.8, 4) is 11.5 Å². The molecular formula is C22H13ClO4. The van der Waals surface area contributed by atoms with Crippen LogP contribution in [0.15, 0.2) is 78.6 Å². The molecule has 4 rings (SSSR count). The zero-order valence-corrected chi connectivity index (χ0v) is 14.8. The molecule has 132 valence electrons. The number of ether oxygens (including phenoxy) is 2. The standard InChI is InChI=1S/C22H13ClO4/c23-16-8-6-15(7-9-16)22(25)26-17-10-11-18-19(13-17)27-20(21(18)24)12-14-4-2-1-3-5-14/h1-13H/b20-12-. The number of benzene rings is 3. The Bertz CT molecular complexity index is 1050. The van der Waals surface area contributed by atoms with Crippen LogP contribution in [0.3, 0.4) is 0 Å². The summed E-state index contributed by atoms with van der Waals surface area (Å²) in [6.45, 7) is 0. The molecule has 1 heterocycles. The monoisotopic (exact) mass is 376 g/mol. The minimum Gasteiger partial charge on any atom is -0.452 e. The highest BCUT2D eigenvalue weighted by molar-refractivity contribution is 6.30. The molecule has 0 spiro atoms. The number of hydrogen-bond acceptors (Lipinski definition) is 4. The maximum atomic E-state index is 12.5. The topological polar surface area (TPSA) is 52.6 Å². The van der Waals surface area contributed by atoms with Crippen LogP contribution in [0.4, 0.5) is 0 Å². The highest BCUT2D eigenvalue weighted by atomic mass is 35.5. The molecule has 0 aliphatic carbocycles. The molecule has 3 aromatic carbocycles. The third-order valence-corrected chi connectivity index (χ3v) is 4.28. The van der Waals surface area contributed by atoms with Gasteiger partial charge in [0.15, 0.2) is 5.76 Å². The minimum atomic E-state index is -0.518. The molecule has 1 aliphatic rings. The van der Waals surface area contributed by atoms with E-state index in [2.05, 4.69) is 0 Å². The summed E-state index contributed by atoms with van der Waals surface area (Å²) < 4.78 is 11.0. The van der Waals surface area contributed by atoms with Gasteiger partial charge in [-0.1, -0.05) is 41.9 Å². The van der Waals surface area contributed by atoms with Crippen molar-refractivity contribution in [1.29, 1.82) is 0 Å². The molecule has 27 heavy (non-hydrogen) atoms. The van der Waals surface area contributed by atoms with Crippen LogP contribution < -0.4 is 9.47 Å². The molecule has 5 heteroatoms. The predicted octanol–water partition coefficient (Wildman–Crippen LogP) is 5.18. The fourth-order valence-electron chi connectivity index (χ4n) is 2.68. The average Bonchev–Trinajstić information content (AvgIpc) is 2.98. The zero-order chi connectivity index (χ0) is 18.8. The first-order chi connectivity index (χ1) is 13.1. The van der Waals surface area contributed by atoms with Crippen molar-refractivity contribution in [2.24, 2.45) is 0 Å². The van der Waals surface area contributed by atoms with E-state index in [-0.39, 0.29) is 11.5 Å². The third kappa shape index (κ3) is 3.61. The third-order valence-electron chi connectivity index (χ3n) is 4.03. The summed E-state index contributed by atoms with van der Waals surface area (Å²) >= 11 is 5.82. The Morgan fingerprint density at radius 2 is 1.70 bits per heavy atom. The summed E-state index contributed by atoms with van der Waals surface area (Å²) in [6, 6.07) is 20.5. The fourth-order valence-corrected chi connectivity index (χ4v) is 2.81. The Labute approximate surface area is 160 Å². The van der Waals surface area contributed by atoms with Gasteiger partial charge in [-0.25, -0.2) is 4.79 Å². The maximum absolute atomic E-state index is 12.5. The van der Waals surface area contributed by atoms with Crippen molar-refractivity contribution in [2.45, 2.75) is 0 Å². The predicted molar refractivity (Wildman–Crippen MR) is 102 cm³/mol. The number of Topliss-reactive ketones (excluding diaryl/α,β-unsaturated/α-hetero) is 1. The van der Waals surface area contributed by atoms with Gasteiger partial charge in [-0.15, -0.1) is 0 Å². The van der Waals surface area contributed by atoms with Crippen LogP contribution in [0.5, 0.6) is 11.5 Å². The van der Waals surface area contributed by atoms with Gasteiger partial charge >= 0.3 is 5.97 Å². The normalized spacial score (nSPS) is 14.0. The van der Waals surface area contributed by atoms with E-state index in [4.69, 9.17) is 21.1 Å². The van der Waals surface area contributed by atoms with Crippen LogP contribution in [-0.2, 0) is 0 Å². The van der Waals surface area contributed by atoms with Crippen LogP contribution in [0.25, 0.3) is 6.08 Å². The summed E-state index contributed by atoms with van der Waals surface area (Å²) in [5.74, 6) is 0.170. The molecule has 0 atom stereocenters. The first-order valence-electron chi connectivity index (χ1n) is 8.21. The van der Waals surface area contributed by atoms with E-state index in [1.165, 1.54) is 6.07 Å². The summed E-state index contributed by atoms with van der Waals surface area (Å²) in [7, 11) is 0. The number of esters is 1. The van der Waals surface area contributed by atoms with E-state index in [1.54, 1.807) is 42.5 Å². The number of carbonyl (C=O) groups is 2. The number of ketones is 1. The first-order valence-corrected chi connectivity index (χ1v) is 8.59. The molecule has 0 bridgehead atoms. The van der Waals surface area contributed by atoms with Crippen LogP contribution in [0.1, 0.15) is 26.3 Å². The van der Waals surface area contributed by atoms with Gasteiger partial charge in [-0.2, -0.15) is 0 Å². The summed E-state index contributed by atoms with van der Waals surface area (Å²) in [4.78, 5) is 24.7. The van der Waals surface area contributed by atoms with Crippen molar-refractivity contribution in [3.63, 3.8) is 0 Å². The lowest BCUT2D eigenvalue weighted by Gasteiger charge is -2.05. The molecule has 0 saturated carbocycles. The van der Waals surface area contributed by atoms with Gasteiger partial charge in [-0.05, 0) is 48.0 Å². The van der Waals surface area contributed by atoms with E-state index in [0.717, 1.165) is 5.56 Å². The Balaban J connectivity index is 1.55. The largest absolute Gasteiger partial charge is 0.452 e. The van der Waals surface area contributed by atoms with Crippen molar-refractivity contribution in [3.05, 3.63) is 100 Å². The highest BCUT2D eigenvalue weighted by Gasteiger charge is 2.28. The molecule has 0 unspecified atom stereocenters. The molecule has 3 aromatic rings. The van der Waals surface area contributed by atoms with Crippen molar-refractivity contribution in [1.82, 2.24) is 0 Å². The van der Waals surface area contributed by atoms with Gasteiger partial charge in [0.25, 0.3) is 0 Å². The van der Waals surface area contributed by atoms with Crippen molar-refractivity contribution in [2.75, 3.05) is 0 Å². The second-order valence-electron chi connectivity index (χ2n) is 5.90. The molecule has 0 saturated heterocycles. The molecular weight excluding hydrogens is 364 g/mol. The number of allylic oxidation sites excluding steroid dienone is 1. The molecule has 0 amide bonds. The van der Waals surface area contributed by atoms with Crippen LogP contribution >= 0.6 is 11.6 Å². The van der Waals surface area contributed by atoms with Gasteiger partial charge in [-0.3, -0.25) is 4.79 Å². The van der Waals surface area contributed by atoms with Crippen LogP contribution in [0, 0.1) is 0 Å². The van der Waals surface area contributed by atoms with Crippen molar-refractivity contribution >= 4 is 29.4 Å². The number of fused-ring (bicyclic) bond motifs is 1. The van der Waals surface area contributed by atoms with Crippen LogP contribution in [-0.4, -0.2) is 11.8 Å². The molecule has 4 nitrogen and oxygen atoms in total. The Kier molecular flexibility index (Phi) is 4.48. The highest BCUT2D eigenvalue weighted by Crippen LogP contribution is 2.35. The molecule has 1 aliphatic heterocycles. The second-order valence-corrected chi connectivity index (χ2v) is 6.34. The Hall–Kier alpha value is -3.37. The summed E-state index contributed by atoms with van der Waals surface area (Å²) in [5.41, 5.74) is 1.67. The molecule has 0 N–H and O–H groups in total. The van der Waals surface area contributed by atoms with Gasteiger partial charge in [0.2, 0.25) is 5.78 Å². The lowest BCUT2D eigenvalue weighted by atomic mass is 10.1. The lowest BCUT2D eigenvalue weighted by Crippen LogP contribution is -2.08. The van der Waals surface area contributed by atoms with Crippen LogP contribution in [0.2, 0.25) is 5.02 Å². The minimum absolute atomic E-state index is 0.204. The second kappa shape index (κ2) is 7.09. The smallest absolute Gasteiger partial charge is 0.343 e. The summed E-state index contributed by atoms with van der Waals surface area (Å²) in [5, 5.41) is 0.536. The quantitative estimate of drug-likeness (QED) is 0.359. The van der Waals surface area contributed by atoms with Gasteiger partial charge in [0, 0.05) is 11.1 Å². The molecule has 0 radical (unpaired) electrons. The molecule has 0 aromatic heterocycles. The number of hydrogen-bond donors (Lipinski definition) is 0. The Morgan fingerprint density at radius 1 is 0.963 bits per heavy atom. The van der Waals surface area contributed by atoms with Gasteiger partial charge < -0.3 is 9.47 Å².